The monoisotopic (exact) mass is 327 g/mol. The van der Waals surface area contributed by atoms with Crippen LogP contribution >= 0.6 is 23.2 Å². The van der Waals surface area contributed by atoms with Gasteiger partial charge in [0.1, 0.15) is 0 Å². The second-order valence-electron chi connectivity index (χ2n) is 6.27. The highest BCUT2D eigenvalue weighted by atomic mass is 35.5. The van der Waals surface area contributed by atoms with Gasteiger partial charge in [0.05, 0.1) is 21.8 Å². The van der Waals surface area contributed by atoms with Gasteiger partial charge in [-0.05, 0) is 38.3 Å². The molecule has 0 radical (unpaired) electrons. The lowest BCUT2D eigenvalue weighted by atomic mass is 9.55. The SMILES string of the molecule is CCOC1CC(Nc2cccc(Cl)c2Cl)C12CCCCC2. The molecule has 0 bridgehead atoms. The van der Waals surface area contributed by atoms with Crippen molar-refractivity contribution in [1.29, 1.82) is 0 Å². The smallest absolute Gasteiger partial charge is 0.0823 e. The number of anilines is 1. The molecule has 3 rings (SSSR count). The lowest BCUT2D eigenvalue weighted by Gasteiger charge is -2.58. The summed E-state index contributed by atoms with van der Waals surface area (Å²) in [5, 5.41) is 4.88. The third kappa shape index (κ3) is 2.78. The fourth-order valence-corrected chi connectivity index (χ4v) is 4.42. The third-order valence-corrected chi connectivity index (χ3v) is 6.04. The summed E-state index contributed by atoms with van der Waals surface area (Å²) >= 11 is 12.4. The minimum absolute atomic E-state index is 0.292. The summed E-state index contributed by atoms with van der Waals surface area (Å²) in [4.78, 5) is 0. The quantitative estimate of drug-likeness (QED) is 0.784. The van der Waals surface area contributed by atoms with Crippen molar-refractivity contribution in [2.45, 2.75) is 57.6 Å². The first-order valence-electron chi connectivity index (χ1n) is 7.99. The van der Waals surface area contributed by atoms with Crippen LogP contribution in [0.5, 0.6) is 0 Å². The molecule has 116 valence electrons. The van der Waals surface area contributed by atoms with Crippen LogP contribution < -0.4 is 5.32 Å². The molecule has 0 amide bonds. The molecule has 1 aromatic carbocycles. The lowest BCUT2D eigenvalue weighted by Crippen LogP contribution is -2.62. The Morgan fingerprint density at radius 1 is 1.24 bits per heavy atom. The zero-order valence-electron chi connectivity index (χ0n) is 12.5. The van der Waals surface area contributed by atoms with Gasteiger partial charge in [0, 0.05) is 18.1 Å². The molecule has 4 heteroatoms. The Hall–Kier alpha value is -0.440. The molecule has 1 aromatic rings. The van der Waals surface area contributed by atoms with Gasteiger partial charge >= 0.3 is 0 Å². The summed E-state index contributed by atoms with van der Waals surface area (Å²) in [5.74, 6) is 0. The Bertz CT molecular complexity index is 500. The van der Waals surface area contributed by atoms with Crippen LogP contribution in [0.3, 0.4) is 0 Å². The van der Waals surface area contributed by atoms with E-state index in [4.69, 9.17) is 27.9 Å². The Balaban J connectivity index is 1.77. The molecule has 0 aliphatic heterocycles. The molecular formula is C17H23Cl2NO. The van der Waals surface area contributed by atoms with E-state index in [-0.39, 0.29) is 0 Å². The van der Waals surface area contributed by atoms with Crippen LogP contribution in [0.15, 0.2) is 18.2 Å². The maximum Gasteiger partial charge on any atom is 0.0823 e. The molecule has 0 heterocycles. The molecule has 2 saturated carbocycles. The van der Waals surface area contributed by atoms with Crippen LogP contribution in [0.4, 0.5) is 5.69 Å². The predicted molar refractivity (Wildman–Crippen MR) is 89.4 cm³/mol. The Labute approximate surface area is 137 Å². The normalized spacial score (nSPS) is 27.4. The summed E-state index contributed by atoms with van der Waals surface area (Å²) in [7, 11) is 0. The largest absolute Gasteiger partial charge is 0.380 e. The first-order valence-corrected chi connectivity index (χ1v) is 8.75. The van der Waals surface area contributed by atoms with Crippen LogP contribution in [0, 0.1) is 5.41 Å². The van der Waals surface area contributed by atoms with Crippen molar-refractivity contribution in [3.05, 3.63) is 28.2 Å². The minimum Gasteiger partial charge on any atom is -0.380 e. The number of halogens is 2. The second kappa shape index (κ2) is 6.36. The number of ether oxygens (including phenoxy) is 1. The van der Waals surface area contributed by atoms with Gasteiger partial charge in [-0.1, -0.05) is 48.5 Å². The zero-order valence-corrected chi connectivity index (χ0v) is 14.0. The number of nitrogens with one attached hydrogen (secondary N) is 1. The molecular weight excluding hydrogens is 305 g/mol. The van der Waals surface area contributed by atoms with E-state index in [9.17, 15) is 0 Å². The van der Waals surface area contributed by atoms with Crippen LogP contribution in [0.2, 0.25) is 10.0 Å². The van der Waals surface area contributed by atoms with Gasteiger partial charge in [-0.2, -0.15) is 0 Å². The average Bonchev–Trinajstić information content (AvgIpc) is 2.51. The van der Waals surface area contributed by atoms with E-state index in [0.717, 1.165) is 18.7 Å². The molecule has 0 saturated heterocycles. The van der Waals surface area contributed by atoms with Gasteiger partial charge in [-0.15, -0.1) is 0 Å². The van der Waals surface area contributed by atoms with Crippen molar-refractivity contribution >= 4 is 28.9 Å². The molecule has 1 N–H and O–H groups in total. The van der Waals surface area contributed by atoms with Gasteiger partial charge in [0.15, 0.2) is 0 Å². The molecule has 0 aromatic heterocycles. The molecule has 2 nitrogen and oxygen atoms in total. The number of benzene rings is 1. The van der Waals surface area contributed by atoms with Crippen LogP contribution in [-0.2, 0) is 4.74 Å². The van der Waals surface area contributed by atoms with E-state index in [1.807, 2.05) is 18.2 Å². The van der Waals surface area contributed by atoms with Crippen molar-refractivity contribution in [2.24, 2.45) is 5.41 Å². The standard InChI is InChI=1S/C17H23Cl2NO/c1-2-21-15-11-14(17(15)9-4-3-5-10-17)20-13-8-6-7-12(18)16(13)19/h6-8,14-15,20H,2-5,9-11H2,1H3. The maximum absolute atomic E-state index is 6.32. The summed E-state index contributed by atoms with van der Waals surface area (Å²) in [6.07, 6.45) is 7.96. The van der Waals surface area contributed by atoms with Crippen molar-refractivity contribution < 1.29 is 4.74 Å². The van der Waals surface area contributed by atoms with Crippen LogP contribution in [0.25, 0.3) is 0 Å². The highest BCUT2D eigenvalue weighted by molar-refractivity contribution is 6.43. The molecule has 2 aliphatic carbocycles. The highest BCUT2D eigenvalue weighted by Crippen LogP contribution is 2.54. The van der Waals surface area contributed by atoms with Crippen LogP contribution in [0.1, 0.15) is 45.4 Å². The Kier molecular flexibility index (Phi) is 4.68. The zero-order chi connectivity index (χ0) is 14.9. The second-order valence-corrected chi connectivity index (χ2v) is 7.06. The number of rotatable bonds is 4. The van der Waals surface area contributed by atoms with Gasteiger partial charge in [0.25, 0.3) is 0 Å². The predicted octanol–water partition coefficient (Wildman–Crippen LogP) is 5.53. The first kappa shape index (κ1) is 15.5. The summed E-state index contributed by atoms with van der Waals surface area (Å²) in [5.41, 5.74) is 1.24. The molecule has 2 atom stereocenters. The summed E-state index contributed by atoms with van der Waals surface area (Å²) in [6.45, 7) is 2.89. The van der Waals surface area contributed by atoms with Gasteiger partial charge in [-0.3, -0.25) is 0 Å². The van der Waals surface area contributed by atoms with Crippen molar-refractivity contribution in [3.8, 4) is 0 Å². The fraction of sp³-hybridized carbons (Fsp3) is 0.647. The van der Waals surface area contributed by atoms with E-state index in [2.05, 4.69) is 12.2 Å². The van der Waals surface area contributed by atoms with Crippen molar-refractivity contribution in [3.63, 3.8) is 0 Å². The molecule has 2 fully saturated rings. The molecule has 1 spiro atoms. The van der Waals surface area contributed by atoms with Gasteiger partial charge in [0.2, 0.25) is 0 Å². The Morgan fingerprint density at radius 2 is 2.00 bits per heavy atom. The Morgan fingerprint density at radius 3 is 2.71 bits per heavy atom. The first-order chi connectivity index (χ1) is 10.2. The van der Waals surface area contributed by atoms with Crippen molar-refractivity contribution in [2.75, 3.05) is 11.9 Å². The third-order valence-electron chi connectivity index (χ3n) is 5.22. The van der Waals surface area contributed by atoms with E-state index >= 15 is 0 Å². The minimum atomic E-state index is 0.292. The van der Waals surface area contributed by atoms with E-state index in [1.165, 1.54) is 32.1 Å². The number of hydrogen-bond donors (Lipinski definition) is 1. The molecule has 2 aliphatic rings. The maximum atomic E-state index is 6.32. The lowest BCUT2D eigenvalue weighted by molar-refractivity contribution is -0.134. The highest BCUT2D eigenvalue weighted by Gasteiger charge is 2.55. The molecule has 21 heavy (non-hydrogen) atoms. The fourth-order valence-electron chi connectivity index (χ4n) is 4.07. The van der Waals surface area contributed by atoms with E-state index in [1.54, 1.807) is 0 Å². The van der Waals surface area contributed by atoms with Gasteiger partial charge < -0.3 is 10.1 Å². The van der Waals surface area contributed by atoms with E-state index < -0.39 is 0 Å². The van der Waals surface area contributed by atoms with E-state index in [0.29, 0.717) is 27.6 Å². The topological polar surface area (TPSA) is 21.3 Å². The molecule has 2 unspecified atom stereocenters. The summed E-state index contributed by atoms with van der Waals surface area (Å²) < 4.78 is 5.99. The average molecular weight is 328 g/mol. The number of hydrogen-bond acceptors (Lipinski definition) is 2. The summed E-state index contributed by atoms with van der Waals surface area (Å²) in [6, 6.07) is 6.24. The van der Waals surface area contributed by atoms with Crippen molar-refractivity contribution in [1.82, 2.24) is 0 Å². The van der Waals surface area contributed by atoms with Gasteiger partial charge in [-0.25, -0.2) is 0 Å². The van der Waals surface area contributed by atoms with Crippen LogP contribution in [-0.4, -0.2) is 18.8 Å².